The minimum absolute atomic E-state index is 0.146. The molecule has 0 bridgehead atoms. The SMILES string of the molecule is COc1cc(CNC2CCOCC2)cc(Br)c1O. The smallest absolute Gasteiger partial charge is 0.172 e. The highest BCUT2D eigenvalue weighted by molar-refractivity contribution is 9.10. The molecule has 1 aliphatic rings. The van der Waals surface area contributed by atoms with Gasteiger partial charge in [0.25, 0.3) is 0 Å². The van der Waals surface area contributed by atoms with Crippen molar-refractivity contribution in [3.05, 3.63) is 22.2 Å². The van der Waals surface area contributed by atoms with Gasteiger partial charge in [0.05, 0.1) is 11.6 Å². The number of rotatable bonds is 4. The standard InChI is InChI=1S/C13H18BrNO3/c1-17-12-7-9(6-11(14)13(12)16)8-15-10-2-4-18-5-3-10/h6-7,10,15-16H,2-5,8H2,1H3. The number of hydrogen-bond acceptors (Lipinski definition) is 4. The number of nitrogens with one attached hydrogen (secondary N) is 1. The summed E-state index contributed by atoms with van der Waals surface area (Å²) < 4.78 is 11.1. The molecule has 100 valence electrons. The molecule has 2 N–H and O–H groups in total. The van der Waals surface area contributed by atoms with Gasteiger partial charge in [-0.15, -0.1) is 0 Å². The fraction of sp³-hybridized carbons (Fsp3) is 0.538. The summed E-state index contributed by atoms with van der Waals surface area (Å²) in [5.41, 5.74) is 1.09. The molecule has 0 saturated carbocycles. The summed E-state index contributed by atoms with van der Waals surface area (Å²) in [6, 6.07) is 4.27. The van der Waals surface area contributed by atoms with E-state index in [0.717, 1.165) is 38.2 Å². The van der Waals surface area contributed by atoms with Crippen LogP contribution < -0.4 is 10.1 Å². The Morgan fingerprint density at radius 2 is 2.17 bits per heavy atom. The average Bonchev–Trinajstić information content (AvgIpc) is 2.41. The van der Waals surface area contributed by atoms with Crippen LogP contribution in [0.2, 0.25) is 0 Å². The quantitative estimate of drug-likeness (QED) is 0.896. The predicted molar refractivity (Wildman–Crippen MR) is 73.0 cm³/mol. The molecule has 0 aromatic heterocycles. The van der Waals surface area contributed by atoms with Gasteiger partial charge in [0.15, 0.2) is 11.5 Å². The normalized spacial score (nSPS) is 16.8. The molecule has 0 radical (unpaired) electrons. The zero-order valence-corrected chi connectivity index (χ0v) is 12.0. The minimum Gasteiger partial charge on any atom is -0.503 e. The van der Waals surface area contributed by atoms with E-state index in [0.29, 0.717) is 16.3 Å². The molecule has 2 rings (SSSR count). The van der Waals surface area contributed by atoms with Gasteiger partial charge in [0.2, 0.25) is 0 Å². The van der Waals surface area contributed by atoms with Crippen LogP contribution >= 0.6 is 15.9 Å². The Morgan fingerprint density at radius 3 is 2.83 bits per heavy atom. The first-order valence-corrected chi connectivity index (χ1v) is 6.86. The van der Waals surface area contributed by atoms with Crippen LogP contribution in [0.5, 0.6) is 11.5 Å². The summed E-state index contributed by atoms with van der Waals surface area (Å²) in [6.07, 6.45) is 2.10. The van der Waals surface area contributed by atoms with Crippen LogP contribution in [0.15, 0.2) is 16.6 Å². The van der Waals surface area contributed by atoms with Gasteiger partial charge in [-0.2, -0.15) is 0 Å². The molecule has 1 aromatic carbocycles. The molecular weight excluding hydrogens is 298 g/mol. The van der Waals surface area contributed by atoms with Crippen molar-refractivity contribution < 1.29 is 14.6 Å². The second-order valence-electron chi connectivity index (χ2n) is 4.40. The largest absolute Gasteiger partial charge is 0.503 e. The minimum atomic E-state index is 0.146. The van der Waals surface area contributed by atoms with E-state index in [1.165, 1.54) is 0 Å². The number of phenols is 1. The van der Waals surface area contributed by atoms with Gasteiger partial charge >= 0.3 is 0 Å². The Morgan fingerprint density at radius 1 is 1.44 bits per heavy atom. The molecule has 0 amide bonds. The lowest BCUT2D eigenvalue weighted by Gasteiger charge is -2.23. The highest BCUT2D eigenvalue weighted by Gasteiger charge is 2.14. The summed E-state index contributed by atoms with van der Waals surface area (Å²) in [6.45, 7) is 2.43. The van der Waals surface area contributed by atoms with Gasteiger partial charge in [0, 0.05) is 25.8 Å². The van der Waals surface area contributed by atoms with E-state index in [2.05, 4.69) is 21.2 Å². The maximum atomic E-state index is 9.73. The second kappa shape index (κ2) is 6.41. The molecule has 1 heterocycles. The zero-order valence-electron chi connectivity index (χ0n) is 10.4. The van der Waals surface area contributed by atoms with Crippen molar-refractivity contribution >= 4 is 15.9 Å². The van der Waals surface area contributed by atoms with Crippen LogP contribution in [0.25, 0.3) is 0 Å². The van der Waals surface area contributed by atoms with Crippen LogP contribution in [-0.2, 0) is 11.3 Å². The number of aromatic hydroxyl groups is 1. The molecule has 18 heavy (non-hydrogen) atoms. The first-order chi connectivity index (χ1) is 8.70. The number of hydrogen-bond donors (Lipinski definition) is 2. The molecule has 0 unspecified atom stereocenters. The zero-order chi connectivity index (χ0) is 13.0. The molecule has 0 spiro atoms. The summed E-state index contributed by atoms with van der Waals surface area (Å²) in [5, 5.41) is 13.2. The van der Waals surface area contributed by atoms with E-state index in [1.54, 1.807) is 7.11 Å². The Balaban J connectivity index is 1.98. The van der Waals surface area contributed by atoms with Crippen LogP contribution in [0.4, 0.5) is 0 Å². The maximum absolute atomic E-state index is 9.73. The van der Waals surface area contributed by atoms with E-state index < -0.39 is 0 Å². The van der Waals surface area contributed by atoms with Crippen molar-refractivity contribution in [2.75, 3.05) is 20.3 Å². The van der Waals surface area contributed by atoms with Crippen molar-refractivity contribution in [1.82, 2.24) is 5.32 Å². The first-order valence-electron chi connectivity index (χ1n) is 6.07. The van der Waals surface area contributed by atoms with Crippen molar-refractivity contribution in [2.24, 2.45) is 0 Å². The molecular formula is C13H18BrNO3. The van der Waals surface area contributed by atoms with Crippen LogP contribution in [-0.4, -0.2) is 31.5 Å². The molecule has 1 aliphatic heterocycles. The predicted octanol–water partition coefficient (Wildman–Crippen LogP) is 2.43. The summed E-state index contributed by atoms with van der Waals surface area (Å²) in [5.74, 6) is 0.639. The Bertz CT molecular complexity index is 405. The Kier molecular flexibility index (Phi) is 4.86. The fourth-order valence-corrected chi connectivity index (χ4v) is 2.54. The molecule has 5 heteroatoms. The summed E-state index contributed by atoms with van der Waals surface area (Å²) in [4.78, 5) is 0. The molecule has 1 fully saturated rings. The molecule has 0 aliphatic carbocycles. The first kappa shape index (κ1) is 13.6. The van der Waals surface area contributed by atoms with Crippen molar-refractivity contribution in [3.63, 3.8) is 0 Å². The molecule has 0 atom stereocenters. The third kappa shape index (κ3) is 3.37. The number of halogens is 1. The van der Waals surface area contributed by atoms with Crippen molar-refractivity contribution in [3.8, 4) is 11.5 Å². The van der Waals surface area contributed by atoms with Gasteiger partial charge in [0.1, 0.15) is 0 Å². The van der Waals surface area contributed by atoms with Gasteiger partial charge in [-0.25, -0.2) is 0 Å². The molecule has 1 aromatic rings. The molecule has 1 saturated heterocycles. The van der Waals surface area contributed by atoms with Crippen molar-refractivity contribution in [2.45, 2.75) is 25.4 Å². The number of benzene rings is 1. The average molecular weight is 316 g/mol. The number of ether oxygens (including phenoxy) is 2. The third-order valence-corrected chi connectivity index (χ3v) is 3.73. The van der Waals surface area contributed by atoms with E-state index >= 15 is 0 Å². The lowest BCUT2D eigenvalue weighted by Crippen LogP contribution is -2.34. The second-order valence-corrected chi connectivity index (χ2v) is 5.25. The van der Waals surface area contributed by atoms with Crippen molar-refractivity contribution in [1.29, 1.82) is 0 Å². The van der Waals surface area contributed by atoms with Gasteiger partial charge in [-0.05, 0) is 46.5 Å². The van der Waals surface area contributed by atoms with E-state index in [-0.39, 0.29) is 5.75 Å². The maximum Gasteiger partial charge on any atom is 0.172 e. The topological polar surface area (TPSA) is 50.7 Å². The third-order valence-electron chi connectivity index (χ3n) is 3.12. The van der Waals surface area contributed by atoms with Crippen LogP contribution in [0.1, 0.15) is 18.4 Å². The number of methoxy groups -OCH3 is 1. The van der Waals surface area contributed by atoms with E-state index in [1.807, 2.05) is 12.1 Å². The lowest BCUT2D eigenvalue weighted by atomic mass is 10.1. The summed E-state index contributed by atoms with van der Waals surface area (Å²) >= 11 is 3.33. The lowest BCUT2D eigenvalue weighted by molar-refractivity contribution is 0.0776. The molecule has 4 nitrogen and oxygen atoms in total. The number of phenolic OH excluding ortho intramolecular Hbond substituents is 1. The Labute approximate surface area is 115 Å². The van der Waals surface area contributed by atoms with Gasteiger partial charge in [-0.1, -0.05) is 0 Å². The van der Waals surface area contributed by atoms with Crippen LogP contribution in [0.3, 0.4) is 0 Å². The summed E-state index contributed by atoms with van der Waals surface area (Å²) in [7, 11) is 1.55. The van der Waals surface area contributed by atoms with Gasteiger partial charge in [-0.3, -0.25) is 0 Å². The van der Waals surface area contributed by atoms with E-state index in [4.69, 9.17) is 9.47 Å². The van der Waals surface area contributed by atoms with Crippen LogP contribution in [0, 0.1) is 0 Å². The fourth-order valence-electron chi connectivity index (χ4n) is 2.05. The highest BCUT2D eigenvalue weighted by atomic mass is 79.9. The highest BCUT2D eigenvalue weighted by Crippen LogP contribution is 2.35. The monoisotopic (exact) mass is 315 g/mol. The van der Waals surface area contributed by atoms with Gasteiger partial charge < -0.3 is 19.9 Å². The Hall–Kier alpha value is -0.780. The van der Waals surface area contributed by atoms with E-state index in [9.17, 15) is 5.11 Å².